The van der Waals surface area contributed by atoms with Crippen molar-refractivity contribution in [1.82, 2.24) is 0 Å². The molecule has 0 atom stereocenters. The summed E-state index contributed by atoms with van der Waals surface area (Å²) in [7, 11) is 2.18. The Hall–Kier alpha value is -1.02. The highest BCUT2D eigenvalue weighted by atomic mass is 15.1. The van der Waals surface area contributed by atoms with Gasteiger partial charge in [-0.2, -0.15) is 0 Å². The molecule has 0 fully saturated rings. The molecule has 19 heavy (non-hydrogen) atoms. The molecule has 0 amide bonds. The number of hydrogen-bond acceptors (Lipinski definition) is 2. The lowest BCUT2D eigenvalue weighted by molar-refractivity contribution is 0.306. The molecule has 2 heteroatoms. The second kappa shape index (κ2) is 6.95. The van der Waals surface area contributed by atoms with Crippen molar-refractivity contribution in [3.8, 4) is 0 Å². The van der Waals surface area contributed by atoms with Crippen LogP contribution in [0.4, 0.5) is 5.69 Å². The Balaban J connectivity index is 2.49. The fraction of sp³-hybridized carbons (Fsp3) is 0.647. The number of anilines is 1. The molecule has 108 valence electrons. The Bertz CT molecular complexity index is 376. The maximum Gasteiger partial charge on any atom is 0.0368 e. The smallest absolute Gasteiger partial charge is 0.0368 e. The van der Waals surface area contributed by atoms with Gasteiger partial charge in [0.2, 0.25) is 0 Å². The Morgan fingerprint density at radius 1 is 1.05 bits per heavy atom. The van der Waals surface area contributed by atoms with E-state index < -0.39 is 0 Å². The monoisotopic (exact) mass is 262 g/mol. The van der Waals surface area contributed by atoms with E-state index in [1.165, 1.54) is 29.7 Å². The SMILES string of the molecule is Cc1cc(C)cc(N(C)CCCC(C)(C)CCN)c1. The van der Waals surface area contributed by atoms with E-state index in [4.69, 9.17) is 5.73 Å². The summed E-state index contributed by atoms with van der Waals surface area (Å²) < 4.78 is 0. The average molecular weight is 262 g/mol. The molecule has 0 saturated heterocycles. The molecule has 0 aliphatic carbocycles. The lowest BCUT2D eigenvalue weighted by Crippen LogP contribution is -2.22. The van der Waals surface area contributed by atoms with Gasteiger partial charge >= 0.3 is 0 Å². The van der Waals surface area contributed by atoms with Crippen molar-refractivity contribution >= 4 is 5.69 Å². The first-order valence-corrected chi connectivity index (χ1v) is 7.33. The zero-order valence-electron chi connectivity index (χ0n) is 13.3. The van der Waals surface area contributed by atoms with Crippen molar-refractivity contribution in [2.24, 2.45) is 11.1 Å². The standard InChI is InChI=1S/C17H30N2/c1-14-11-15(2)13-16(12-14)19(5)10-6-7-17(3,4)8-9-18/h11-13H,6-10,18H2,1-5H3. The Kier molecular flexibility index (Phi) is 5.86. The van der Waals surface area contributed by atoms with E-state index in [0.717, 1.165) is 19.5 Å². The number of rotatable bonds is 7. The lowest BCUT2D eigenvalue weighted by atomic mass is 9.84. The number of aryl methyl sites for hydroxylation is 2. The number of nitrogens with two attached hydrogens (primary N) is 1. The van der Waals surface area contributed by atoms with Crippen LogP contribution < -0.4 is 10.6 Å². The zero-order valence-corrected chi connectivity index (χ0v) is 13.3. The minimum absolute atomic E-state index is 0.373. The zero-order chi connectivity index (χ0) is 14.5. The molecule has 2 nitrogen and oxygen atoms in total. The largest absolute Gasteiger partial charge is 0.375 e. The number of benzene rings is 1. The third-order valence-electron chi connectivity index (χ3n) is 3.82. The predicted octanol–water partition coefficient (Wildman–Crippen LogP) is 3.89. The quantitative estimate of drug-likeness (QED) is 0.807. The van der Waals surface area contributed by atoms with E-state index in [2.05, 4.69) is 57.8 Å². The van der Waals surface area contributed by atoms with Crippen molar-refractivity contribution < 1.29 is 0 Å². The van der Waals surface area contributed by atoms with Gasteiger partial charge in [0.05, 0.1) is 0 Å². The molecular formula is C17H30N2. The lowest BCUT2D eigenvalue weighted by Gasteiger charge is -2.26. The van der Waals surface area contributed by atoms with Gasteiger partial charge in [-0.15, -0.1) is 0 Å². The van der Waals surface area contributed by atoms with Gasteiger partial charge in [-0.1, -0.05) is 19.9 Å². The third kappa shape index (κ3) is 5.65. The van der Waals surface area contributed by atoms with Crippen molar-refractivity contribution in [3.05, 3.63) is 29.3 Å². The van der Waals surface area contributed by atoms with Gasteiger partial charge < -0.3 is 10.6 Å². The van der Waals surface area contributed by atoms with Gasteiger partial charge in [0.1, 0.15) is 0 Å². The molecule has 0 spiro atoms. The fourth-order valence-electron chi connectivity index (χ4n) is 2.61. The first kappa shape index (κ1) is 16.0. The second-order valence-corrected chi connectivity index (χ2v) is 6.57. The summed E-state index contributed by atoms with van der Waals surface area (Å²) in [6.45, 7) is 10.9. The van der Waals surface area contributed by atoms with Crippen LogP contribution in [0.1, 0.15) is 44.2 Å². The second-order valence-electron chi connectivity index (χ2n) is 6.57. The van der Waals surface area contributed by atoms with Crippen LogP contribution in [0.25, 0.3) is 0 Å². The van der Waals surface area contributed by atoms with Crippen LogP contribution in [0.5, 0.6) is 0 Å². The molecule has 0 aromatic heterocycles. The van der Waals surface area contributed by atoms with Gasteiger partial charge in [0.25, 0.3) is 0 Å². The molecule has 0 aliphatic rings. The summed E-state index contributed by atoms with van der Waals surface area (Å²) in [5.74, 6) is 0. The molecule has 1 rings (SSSR count). The first-order chi connectivity index (χ1) is 8.84. The van der Waals surface area contributed by atoms with Crippen LogP contribution in [-0.4, -0.2) is 20.1 Å². The highest BCUT2D eigenvalue weighted by Gasteiger charge is 2.16. The van der Waals surface area contributed by atoms with E-state index in [1.54, 1.807) is 0 Å². The van der Waals surface area contributed by atoms with E-state index >= 15 is 0 Å². The Morgan fingerprint density at radius 2 is 1.63 bits per heavy atom. The van der Waals surface area contributed by atoms with Gasteiger partial charge in [-0.3, -0.25) is 0 Å². The van der Waals surface area contributed by atoms with Crippen molar-refractivity contribution in [2.45, 2.75) is 47.0 Å². The normalized spacial score (nSPS) is 11.7. The molecule has 1 aromatic carbocycles. The molecule has 0 heterocycles. The molecule has 0 bridgehead atoms. The maximum absolute atomic E-state index is 5.66. The van der Waals surface area contributed by atoms with E-state index in [-0.39, 0.29) is 0 Å². The summed E-state index contributed by atoms with van der Waals surface area (Å²) >= 11 is 0. The van der Waals surface area contributed by atoms with Crippen LogP contribution in [0.2, 0.25) is 0 Å². The summed E-state index contributed by atoms with van der Waals surface area (Å²) in [6, 6.07) is 6.75. The summed E-state index contributed by atoms with van der Waals surface area (Å²) in [5, 5.41) is 0. The van der Waals surface area contributed by atoms with Crippen LogP contribution in [-0.2, 0) is 0 Å². The summed E-state index contributed by atoms with van der Waals surface area (Å²) in [5.41, 5.74) is 10.0. The summed E-state index contributed by atoms with van der Waals surface area (Å²) in [4.78, 5) is 2.36. The van der Waals surface area contributed by atoms with Gasteiger partial charge in [-0.25, -0.2) is 0 Å². The van der Waals surface area contributed by atoms with Crippen LogP contribution in [0.3, 0.4) is 0 Å². The minimum Gasteiger partial charge on any atom is -0.375 e. The highest BCUT2D eigenvalue weighted by Crippen LogP contribution is 2.26. The fourth-order valence-corrected chi connectivity index (χ4v) is 2.61. The van der Waals surface area contributed by atoms with Gasteiger partial charge in [0, 0.05) is 19.3 Å². The molecule has 1 aromatic rings. The number of nitrogens with zero attached hydrogens (tertiary/aromatic N) is 1. The Labute approximate surface area is 119 Å². The van der Waals surface area contributed by atoms with Crippen molar-refractivity contribution in [1.29, 1.82) is 0 Å². The maximum atomic E-state index is 5.66. The van der Waals surface area contributed by atoms with E-state index in [0.29, 0.717) is 5.41 Å². The van der Waals surface area contributed by atoms with Gasteiger partial charge in [0.15, 0.2) is 0 Å². The van der Waals surface area contributed by atoms with Crippen LogP contribution >= 0.6 is 0 Å². The molecular weight excluding hydrogens is 232 g/mol. The topological polar surface area (TPSA) is 29.3 Å². The number of hydrogen-bond donors (Lipinski definition) is 1. The third-order valence-corrected chi connectivity index (χ3v) is 3.82. The van der Waals surface area contributed by atoms with Crippen molar-refractivity contribution in [2.75, 3.05) is 25.0 Å². The van der Waals surface area contributed by atoms with Crippen LogP contribution in [0, 0.1) is 19.3 Å². The van der Waals surface area contributed by atoms with E-state index in [9.17, 15) is 0 Å². The molecule has 0 radical (unpaired) electrons. The Morgan fingerprint density at radius 3 is 2.16 bits per heavy atom. The van der Waals surface area contributed by atoms with Gasteiger partial charge in [-0.05, 0) is 68.3 Å². The first-order valence-electron chi connectivity index (χ1n) is 7.33. The molecule has 2 N–H and O–H groups in total. The highest BCUT2D eigenvalue weighted by molar-refractivity contribution is 5.50. The summed E-state index contributed by atoms with van der Waals surface area (Å²) in [6.07, 6.45) is 3.57. The molecule has 0 saturated carbocycles. The minimum atomic E-state index is 0.373. The average Bonchev–Trinajstić information content (AvgIpc) is 2.27. The van der Waals surface area contributed by atoms with Crippen LogP contribution in [0.15, 0.2) is 18.2 Å². The molecule has 0 unspecified atom stereocenters. The predicted molar refractivity (Wildman–Crippen MR) is 85.9 cm³/mol. The van der Waals surface area contributed by atoms with E-state index in [1.807, 2.05) is 0 Å². The molecule has 0 aliphatic heterocycles. The van der Waals surface area contributed by atoms with Crippen molar-refractivity contribution in [3.63, 3.8) is 0 Å².